The molecule has 0 spiro atoms. The molecule has 0 aliphatic rings. The number of para-hydroxylation sites is 2. The van der Waals surface area contributed by atoms with Gasteiger partial charge in [-0.25, -0.2) is 13.2 Å². The van der Waals surface area contributed by atoms with Gasteiger partial charge in [-0.1, -0.05) is 37.3 Å². The Bertz CT molecular complexity index is 1610. The van der Waals surface area contributed by atoms with Crippen molar-refractivity contribution in [3.05, 3.63) is 93.7 Å². The first-order chi connectivity index (χ1) is 17.2. The van der Waals surface area contributed by atoms with Crippen LogP contribution >= 0.6 is 0 Å². The highest BCUT2D eigenvalue weighted by molar-refractivity contribution is 7.92. The number of hydrazone groups is 1. The van der Waals surface area contributed by atoms with Gasteiger partial charge in [0.1, 0.15) is 5.69 Å². The number of aromatic nitrogens is 1. The lowest BCUT2D eigenvalue weighted by atomic mass is 10.1. The highest BCUT2D eigenvalue weighted by Crippen LogP contribution is 2.29. The minimum atomic E-state index is -4.32. The van der Waals surface area contributed by atoms with Gasteiger partial charge in [-0.15, -0.1) is 0 Å². The number of aromatic carboxylic acids is 1. The molecule has 12 heteroatoms. The van der Waals surface area contributed by atoms with Crippen LogP contribution in [0.25, 0.3) is 10.9 Å². The van der Waals surface area contributed by atoms with Gasteiger partial charge in [-0.2, -0.15) is 5.10 Å². The summed E-state index contributed by atoms with van der Waals surface area (Å²) in [5.74, 6) is -1.32. The standard InChI is InChI=1S/C24H21N5O6S/c1-2-15-6-5-8-18-16(13-25-23(15)18)14-26-27-21-11-10-17(12-22(21)29(32)33)36(34,35)28-20-9-4-3-7-19(20)24(30)31/h3-14,25,27-28H,2H2,1H3,(H,30,31)/b26-14-. The zero-order valence-electron chi connectivity index (χ0n) is 18.9. The molecule has 11 nitrogen and oxygen atoms in total. The van der Waals surface area contributed by atoms with E-state index in [1.807, 2.05) is 25.1 Å². The predicted octanol–water partition coefficient (Wildman–Crippen LogP) is 4.58. The summed E-state index contributed by atoms with van der Waals surface area (Å²) in [6.45, 7) is 2.05. The molecule has 184 valence electrons. The van der Waals surface area contributed by atoms with Crippen LogP contribution < -0.4 is 10.1 Å². The lowest BCUT2D eigenvalue weighted by Gasteiger charge is -2.11. The SMILES string of the molecule is CCc1cccc2c(/C=N\Nc3ccc(S(=O)(=O)Nc4ccccc4C(=O)O)cc3[N+](=O)[O-])c[nH]c12. The third-order valence-electron chi connectivity index (χ3n) is 5.48. The van der Waals surface area contributed by atoms with E-state index in [4.69, 9.17) is 0 Å². The van der Waals surface area contributed by atoms with Crippen molar-refractivity contribution in [3.63, 3.8) is 0 Å². The van der Waals surface area contributed by atoms with E-state index in [2.05, 4.69) is 20.2 Å². The Morgan fingerprint density at radius 2 is 1.92 bits per heavy atom. The van der Waals surface area contributed by atoms with Crippen molar-refractivity contribution in [2.45, 2.75) is 18.2 Å². The molecule has 0 atom stereocenters. The first-order valence-corrected chi connectivity index (χ1v) is 12.2. The quantitative estimate of drug-likeness (QED) is 0.146. The van der Waals surface area contributed by atoms with Gasteiger partial charge in [0.2, 0.25) is 0 Å². The van der Waals surface area contributed by atoms with E-state index in [-0.39, 0.29) is 16.9 Å². The van der Waals surface area contributed by atoms with E-state index in [1.165, 1.54) is 36.5 Å². The second kappa shape index (κ2) is 9.88. The van der Waals surface area contributed by atoms with Gasteiger partial charge in [0.15, 0.2) is 0 Å². The van der Waals surface area contributed by atoms with Gasteiger partial charge in [0.05, 0.1) is 27.3 Å². The van der Waals surface area contributed by atoms with Crippen LogP contribution in [-0.2, 0) is 16.4 Å². The number of hydrogen-bond donors (Lipinski definition) is 4. The fraction of sp³-hybridized carbons (Fsp3) is 0.0833. The minimum absolute atomic E-state index is 0.0183. The van der Waals surface area contributed by atoms with Gasteiger partial charge in [0, 0.05) is 28.7 Å². The third-order valence-corrected chi connectivity index (χ3v) is 6.84. The Kier molecular flexibility index (Phi) is 6.70. The predicted molar refractivity (Wildman–Crippen MR) is 136 cm³/mol. The van der Waals surface area contributed by atoms with Crippen molar-refractivity contribution < 1.29 is 23.2 Å². The Morgan fingerprint density at radius 3 is 2.64 bits per heavy atom. The molecule has 4 N–H and O–H groups in total. The number of rotatable bonds is 9. The summed E-state index contributed by atoms with van der Waals surface area (Å²) >= 11 is 0. The van der Waals surface area contributed by atoms with Crippen molar-refractivity contribution in [2.24, 2.45) is 5.10 Å². The maximum atomic E-state index is 12.8. The molecule has 0 radical (unpaired) electrons. The number of sulfonamides is 1. The Hall–Kier alpha value is -4.71. The zero-order chi connectivity index (χ0) is 25.9. The number of carbonyl (C=O) groups is 1. The molecule has 0 aliphatic carbocycles. The number of nitrogens with one attached hydrogen (secondary N) is 3. The molecular weight excluding hydrogens is 486 g/mol. The van der Waals surface area contributed by atoms with Crippen LogP contribution in [0.1, 0.15) is 28.4 Å². The maximum absolute atomic E-state index is 12.8. The zero-order valence-corrected chi connectivity index (χ0v) is 19.7. The number of aryl methyl sites for hydroxylation is 1. The molecule has 0 aliphatic heterocycles. The van der Waals surface area contributed by atoms with Gasteiger partial charge in [-0.05, 0) is 36.2 Å². The average Bonchev–Trinajstić information content (AvgIpc) is 3.27. The number of carboxylic acids is 1. The van der Waals surface area contributed by atoms with Crippen molar-refractivity contribution in [1.29, 1.82) is 0 Å². The lowest BCUT2D eigenvalue weighted by Crippen LogP contribution is -2.16. The van der Waals surface area contributed by atoms with Crippen LogP contribution in [0.2, 0.25) is 0 Å². The summed E-state index contributed by atoms with van der Waals surface area (Å²) < 4.78 is 27.8. The van der Waals surface area contributed by atoms with Crippen LogP contribution in [-0.4, -0.2) is 35.6 Å². The van der Waals surface area contributed by atoms with Crippen LogP contribution in [0.4, 0.5) is 17.1 Å². The van der Waals surface area contributed by atoms with Gasteiger partial charge >= 0.3 is 5.97 Å². The number of hydrogen-bond acceptors (Lipinski definition) is 7. The molecule has 0 saturated carbocycles. The normalized spacial score (nSPS) is 11.6. The number of carboxylic acid groups (broad SMARTS) is 1. The number of nitro benzene ring substituents is 1. The Labute approximate surface area is 205 Å². The summed E-state index contributed by atoms with van der Waals surface area (Å²) in [5, 5.41) is 26.0. The molecule has 0 unspecified atom stereocenters. The number of benzene rings is 3. The second-order valence-electron chi connectivity index (χ2n) is 7.70. The molecule has 0 saturated heterocycles. The molecule has 4 rings (SSSR count). The number of nitro groups is 1. The first-order valence-electron chi connectivity index (χ1n) is 10.7. The molecule has 4 aromatic rings. The summed E-state index contributed by atoms with van der Waals surface area (Å²) in [7, 11) is -4.32. The van der Waals surface area contributed by atoms with Crippen molar-refractivity contribution in [1.82, 2.24) is 4.98 Å². The molecule has 0 amide bonds. The van der Waals surface area contributed by atoms with Crippen LogP contribution in [0.15, 0.2) is 76.9 Å². The Morgan fingerprint density at radius 1 is 1.14 bits per heavy atom. The fourth-order valence-corrected chi connectivity index (χ4v) is 4.80. The molecule has 1 heterocycles. The van der Waals surface area contributed by atoms with E-state index in [0.717, 1.165) is 40.6 Å². The fourth-order valence-electron chi connectivity index (χ4n) is 3.70. The monoisotopic (exact) mass is 507 g/mol. The number of H-pyrrole nitrogens is 1. The average molecular weight is 508 g/mol. The van der Waals surface area contributed by atoms with Gasteiger partial charge in [-0.3, -0.25) is 20.3 Å². The van der Waals surface area contributed by atoms with Gasteiger partial charge in [0.25, 0.3) is 15.7 Å². The smallest absolute Gasteiger partial charge is 0.337 e. The summed E-state index contributed by atoms with van der Waals surface area (Å²) in [5.41, 5.74) is 4.55. The van der Waals surface area contributed by atoms with Gasteiger partial charge < -0.3 is 10.1 Å². The molecular formula is C24H21N5O6S. The molecule has 36 heavy (non-hydrogen) atoms. The highest BCUT2D eigenvalue weighted by Gasteiger charge is 2.23. The van der Waals surface area contributed by atoms with Crippen molar-refractivity contribution in [2.75, 3.05) is 10.1 Å². The largest absolute Gasteiger partial charge is 0.478 e. The van der Waals surface area contributed by atoms with E-state index in [1.54, 1.807) is 6.20 Å². The first kappa shape index (κ1) is 24.4. The van der Waals surface area contributed by atoms with E-state index in [0.29, 0.717) is 0 Å². The topological polar surface area (TPSA) is 167 Å². The van der Waals surface area contributed by atoms with Crippen molar-refractivity contribution in [3.8, 4) is 0 Å². The number of fused-ring (bicyclic) bond motifs is 1. The number of nitrogens with zero attached hydrogens (tertiary/aromatic N) is 2. The minimum Gasteiger partial charge on any atom is -0.478 e. The lowest BCUT2D eigenvalue weighted by molar-refractivity contribution is -0.384. The second-order valence-corrected chi connectivity index (χ2v) is 9.38. The molecule has 0 bridgehead atoms. The van der Waals surface area contributed by atoms with Crippen molar-refractivity contribution >= 4 is 50.2 Å². The molecule has 0 fully saturated rings. The van der Waals surface area contributed by atoms with E-state index >= 15 is 0 Å². The molecule has 1 aromatic heterocycles. The maximum Gasteiger partial charge on any atom is 0.337 e. The van der Waals surface area contributed by atoms with E-state index < -0.39 is 31.5 Å². The number of anilines is 2. The summed E-state index contributed by atoms with van der Waals surface area (Å²) in [4.78, 5) is 25.1. The third kappa shape index (κ3) is 4.88. The summed E-state index contributed by atoms with van der Waals surface area (Å²) in [6, 6.07) is 14.6. The van der Waals surface area contributed by atoms with Crippen LogP contribution in [0.5, 0.6) is 0 Å². The number of aromatic amines is 1. The van der Waals surface area contributed by atoms with Crippen LogP contribution in [0.3, 0.4) is 0 Å². The van der Waals surface area contributed by atoms with E-state index in [9.17, 15) is 28.4 Å². The summed E-state index contributed by atoms with van der Waals surface area (Å²) in [6.07, 6.45) is 4.14. The van der Waals surface area contributed by atoms with Crippen LogP contribution in [0, 0.1) is 10.1 Å². The molecule has 3 aromatic carbocycles. The highest BCUT2D eigenvalue weighted by atomic mass is 32.2. The Balaban J connectivity index is 1.60.